The zero-order valence-electron chi connectivity index (χ0n) is 26.8. The molecule has 2 bridgehead atoms. The van der Waals surface area contributed by atoms with E-state index in [1.807, 2.05) is 20.8 Å². The molecule has 3 fully saturated rings. The van der Waals surface area contributed by atoms with Gasteiger partial charge in [-0.05, 0) is 56.9 Å². The minimum Gasteiger partial charge on any atom is -0.465 e. The number of ether oxygens (including phenoxy) is 6. The van der Waals surface area contributed by atoms with Crippen molar-refractivity contribution in [3.8, 4) is 0 Å². The largest absolute Gasteiger partial charge is 0.465 e. The lowest BCUT2D eigenvalue weighted by atomic mass is 9.47. The Balaban J connectivity index is 1.74. The molecule has 0 N–H and O–H groups in total. The first-order valence-electron chi connectivity index (χ1n) is 15.4. The van der Waals surface area contributed by atoms with Gasteiger partial charge >= 0.3 is 29.8 Å². The zero-order chi connectivity index (χ0) is 33.4. The van der Waals surface area contributed by atoms with E-state index in [-0.39, 0.29) is 24.0 Å². The lowest BCUT2D eigenvalue weighted by molar-refractivity contribution is -0.317. The first kappa shape index (κ1) is 33.1. The summed E-state index contributed by atoms with van der Waals surface area (Å²) in [4.78, 5) is 65.2. The second kappa shape index (κ2) is 12.5. The summed E-state index contributed by atoms with van der Waals surface area (Å²) in [5.74, 6) is -4.29. The third-order valence-corrected chi connectivity index (χ3v) is 9.67. The summed E-state index contributed by atoms with van der Waals surface area (Å²) < 4.78 is 37.3. The predicted octanol–water partition coefficient (Wildman–Crippen LogP) is 4.46. The van der Waals surface area contributed by atoms with E-state index in [4.69, 9.17) is 28.4 Å². The number of hydrogen-bond donors (Lipinski definition) is 0. The van der Waals surface area contributed by atoms with E-state index in [1.54, 1.807) is 60.7 Å². The van der Waals surface area contributed by atoms with Gasteiger partial charge in [-0.15, -0.1) is 0 Å². The summed E-state index contributed by atoms with van der Waals surface area (Å²) >= 11 is 0. The topological polar surface area (TPSA) is 141 Å². The second-order valence-electron chi connectivity index (χ2n) is 12.9. The van der Waals surface area contributed by atoms with Crippen LogP contribution in [-0.2, 0) is 42.8 Å². The van der Waals surface area contributed by atoms with E-state index in [0.717, 1.165) is 0 Å². The van der Waals surface area contributed by atoms with E-state index in [0.29, 0.717) is 0 Å². The lowest BCUT2D eigenvalue weighted by Crippen LogP contribution is -2.78. The summed E-state index contributed by atoms with van der Waals surface area (Å²) in [6.45, 7) is 8.83. The molecule has 2 saturated carbocycles. The number of rotatable bonds is 8. The molecule has 2 aliphatic carbocycles. The van der Waals surface area contributed by atoms with Gasteiger partial charge in [0.05, 0.1) is 16.7 Å². The summed E-state index contributed by atoms with van der Waals surface area (Å²) in [6, 6.07) is 16.7. The van der Waals surface area contributed by atoms with Crippen LogP contribution in [0.4, 0.5) is 0 Å². The standard InChI is InChI=1S/C35H40O11/c1-20-17-27(44-31(39)24-13-9-7-10-14-24)30(43-23(4)38)34(19-41-21(2)36)28(45-32(40)25-15-11-8-12-16-25)18-26-29(42-22(3)37)35(20,34)46-33(26,5)6/h7-16,20,26-30H,17-19H2,1-6H3/t20-,26-,27+,28+,29-,30+,34-,35-/m1/s1. The van der Waals surface area contributed by atoms with Crippen LogP contribution in [0.3, 0.4) is 0 Å². The average Bonchev–Trinajstić information content (AvgIpc) is 3.16. The van der Waals surface area contributed by atoms with Gasteiger partial charge in [0.2, 0.25) is 0 Å². The predicted molar refractivity (Wildman–Crippen MR) is 161 cm³/mol. The van der Waals surface area contributed by atoms with Crippen molar-refractivity contribution in [3.63, 3.8) is 0 Å². The minimum absolute atomic E-state index is 0.0936. The Bertz CT molecular complexity index is 1490. The van der Waals surface area contributed by atoms with Gasteiger partial charge in [-0.25, -0.2) is 9.59 Å². The third-order valence-electron chi connectivity index (χ3n) is 9.67. The molecular weight excluding hydrogens is 596 g/mol. The summed E-state index contributed by atoms with van der Waals surface area (Å²) in [5, 5.41) is 0. The Kier molecular flexibility index (Phi) is 9.01. The van der Waals surface area contributed by atoms with E-state index in [9.17, 15) is 24.0 Å². The maximum atomic E-state index is 13.7. The fourth-order valence-corrected chi connectivity index (χ4v) is 7.95. The molecule has 0 aromatic heterocycles. The van der Waals surface area contributed by atoms with Crippen LogP contribution in [0, 0.1) is 17.3 Å². The van der Waals surface area contributed by atoms with Gasteiger partial charge in [0.25, 0.3) is 0 Å². The van der Waals surface area contributed by atoms with E-state index >= 15 is 0 Å². The van der Waals surface area contributed by atoms with Crippen molar-refractivity contribution in [2.75, 3.05) is 6.61 Å². The maximum absolute atomic E-state index is 13.7. The van der Waals surface area contributed by atoms with Crippen molar-refractivity contribution in [1.82, 2.24) is 0 Å². The van der Waals surface area contributed by atoms with Crippen molar-refractivity contribution in [2.24, 2.45) is 17.3 Å². The third kappa shape index (κ3) is 5.65. The highest BCUT2D eigenvalue weighted by atomic mass is 16.6. The fourth-order valence-electron chi connectivity index (χ4n) is 7.95. The smallest absolute Gasteiger partial charge is 0.338 e. The van der Waals surface area contributed by atoms with Crippen LogP contribution < -0.4 is 0 Å². The molecule has 2 aromatic rings. The van der Waals surface area contributed by atoms with E-state index in [2.05, 4.69) is 0 Å². The zero-order valence-corrected chi connectivity index (χ0v) is 26.8. The Morgan fingerprint density at radius 1 is 0.717 bits per heavy atom. The average molecular weight is 637 g/mol. The van der Waals surface area contributed by atoms with Crippen molar-refractivity contribution in [3.05, 3.63) is 71.8 Å². The molecule has 5 rings (SSSR count). The fraction of sp³-hybridized carbons (Fsp3) is 0.514. The number of carbonyl (C=O) groups is 5. The molecule has 3 aliphatic rings. The van der Waals surface area contributed by atoms with Crippen LogP contribution in [0.15, 0.2) is 60.7 Å². The molecule has 0 radical (unpaired) electrons. The van der Waals surface area contributed by atoms with Crippen LogP contribution in [0.5, 0.6) is 0 Å². The van der Waals surface area contributed by atoms with Crippen LogP contribution in [0.25, 0.3) is 0 Å². The van der Waals surface area contributed by atoms with Crippen LogP contribution >= 0.6 is 0 Å². The number of esters is 5. The molecule has 1 saturated heterocycles. The Labute approximate surface area is 267 Å². The van der Waals surface area contributed by atoms with Gasteiger partial charge in [0.15, 0.2) is 6.10 Å². The van der Waals surface area contributed by atoms with Crippen LogP contribution in [0.1, 0.15) is 75.1 Å². The normalized spacial score (nSPS) is 32.3. The summed E-state index contributed by atoms with van der Waals surface area (Å²) in [7, 11) is 0. The number of fused-ring (bicyclic) bond motifs is 1. The lowest BCUT2D eigenvalue weighted by Gasteiger charge is -2.63. The van der Waals surface area contributed by atoms with Crippen molar-refractivity contribution < 1.29 is 52.4 Å². The summed E-state index contributed by atoms with van der Waals surface area (Å²) in [5.41, 5.74) is -3.60. The van der Waals surface area contributed by atoms with Gasteiger partial charge in [-0.2, -0.15) is 0 Å². The molecule has 1 aliphatic heterocycles. The second-order valence-corrected chi connectivity index (χ2v) is 12.9. The SMILES string of the molecule is CC(=O)OC[C@]12[C@@H](OC(=O)c3ccccc3)C[C@@H]3[C@@H](OC(C)=O)[C@]1(OC3(C)C)[C@H](C)C[C@H](OC(=O)c1ccccc1)[C@@H]2OC(C)=O. The first-order chi connectivity index (χ1) is 21.7. The molecule has 46 heavy (non-hydrogen) atoms. The molecular formula is C35H40O11. The van der Waals surface area contributed by atoms with Crippen molar-refractivity contribution in [1.29, 1.82) is 0 Å². The highest BCUT2D eigenvalue weighted by molar-refractivity contribution is 5.90. The van der Waals surface area contributed by atoms with Crippen molar-refractivity contribution >= 4 is 29.8 Å². The number of hydrogen-bond acceptors (Lipinski definition) is 11. The van der Waals surface area contributed by atoms with E-state index < -0.39 is 89.3 Å². The number of carbonyl (C=O) groups excluding carboxylic acids is 5. The molecule has 2 aromatic carbocycles. The highest BCUT2D eigenvalue weighted by Gasteiger charge is 2.82. The molecule has 11 heteroatoms. The first-order valence-corrected chi connectivity index (χ1v) is 15.4. The van der Waals surface area contributed by atoms with Crippen molar-refractivity contribution in [2.45, 2.75) is 90.0 Å². The Morgan fingerprint density at radius 3 is 1.76 bits per heavy atom. The maximum Gasteiger partial charge on any atom is 0.338 e. The van der Waals surface area contributed by atoms with Gasteiger partial charge in [0, 0.05) is 26.7 Å². The molecule has 1 heterocycles. The van der Waals surface area contributed by atoms with Gasteiger partial charge in [-0.3, -0.25) is 14.4 Å². The quantitative estimate of drug-likeness (QED) is 0.300. The Morgan fingerprint density at radius 2 is 1.24 bits per heavy atom. The highest BCUT2D eigenvalue weighted by Crippen LogP contribution is 2.68. The van der Waals surface area contributed by atoms with Gasteiger partial charge in [0.1, 0.15) is 35.9 Å². The van der Waals surface area contributed by atoms with Crippen LogP contribution in [-0.4, -0.2) is 72.1 Å². The summed E-state index contributed by atoms with van der Waals surface area (Å²) in [6.07, 6.45) is -4.25. The number of benzene rings is 2. The van der Waals surface area contributed by atoms with Crippen LogP contribution in [0.2, 0.25) is 0 Å². The monoisotopic (exact) mass is 636 g/mol. The molecule has 8 atom stereocenters. The molecule has 0 amide bonds. The molecule has 0 unspecified atom stereocenters. The van der Waals surface area contributed by atoms with Gasteiger partial charge in [-0.1, -0.05) is 43.3 Å². The minimum atomic E-state index is -1.70. The van der Waals surface area contributed by atoms with Gasteiger partial charge < -0.3 is 28.4 Å². The molecule has 11 nitrogen and oxygen atoms in total. The van der Waals surface area contributed by atoms with E-state index in [1.165, 1.54) is 20.8 Å². The molecule has 1 spiro atoms. The molecule has 246 valence electrons. The Hall–Kier alpha value is -4.25.